The molecule has 0 aromatic heterocycles. The first-order chi connectivity index (χ1) is 7.66. The van der Waals surface area contributed by atoms with Crippen LogP contribution in [0.25, 0.3) is 0 Å². The number of aliphatic hydroxyl groups is 1. The van der Waals surface area contributed by atoms with Crippen LogP contribution in [0.15, 0.2) is 23.8 Å². The van der Waals surface area contributed by atoms with Crippen molar-refractivity contribution < 1.29 is 5.11 Å². The monoisotopic (exact) mass is 218 g/mol. The van der Waals surface area contributed by atoms with Crippen molar-refractivity contribution in [2.24, 2.45) is 29.6 Å². The van der Waals surface area contributed by atoms with Crippen LogP contribution in [0, 0.1) is 29.6 Å². The lowest BCUT2D eigenvalue weighted by molar-refractivity contribution is 0.156. The third-order valence-corrected chi connectivity index (χ3v) is 5.10. The second kappa shape index (κ2) is 3.73. The lowest BCUT2D eigenvalue weighted by atomic mass is 9.78. The molecule has 0 saturated heterocycles. The Labute approximate surface area is 98.2 Å². The zero-order valence-electron chi connectivity index (χ0n) is 10.3. The normalized spacial score (nSPS) is 46.3. The number of hydrogen-bond donors (Lipinski definition) is 1. The highest BCUT2D eigenvalue weighted by Gasteiger charge is 2.49. The molecule has 2 fully saturated rings. The summed E-state index contributed by atoms with van der Waals surface area (Å²) in [5.74, 6) is 3.88. The summed E-state index contributed by atoms with van der Waals surface area (Å²) in [6, 6.07) is 0. The molecule has 0 aliphatic heterocycles. The van der Waals surface area contributed by atoms with Gasteiger partial charge in [0.15, 0.2) is 0 Å². The lowest BCUT2D eigenvalue weighted by Crippen LogP contribution is -2.20. The second-order valence-electron chi connectivity index (χ2n) is 6.05. The highest BCUT2D eigenvalue weighted by molar-refractivity contribution is 5.27. The van der Waals surface area contributed by atoms with Gasteiger partial charge in [-0.15, -0.1) is 0 Å². The van der Waals surface area contributed by atoms with Gasteiger partial charge < -0.3 is 5.11 Å². The van der Waals surface area contributed by atoms with Gasteiger partial charge in [0.25, 0.3) is 0 Å². The summed E-state index contributed by atoms with van der Waals surface area (Å²) < 4.78 is 0. The largest absolute Gasteiger partial charge is 0.393 e. The summed E-state index contributed by atoms with van der Waals surface area (Å²) >= 11 is 0. The summed E-state index contributed by atoms with van der Waals surface area (Å²) in [5, 5.41) is 9.58. The van der Waals surface area contributed by atoms with Crippen molar-refractivity contribution >= 4 is 0 Å². The Morgan fingerprint density at radius 3 is 3.00 bits per heavy atom. The topological polar surface area (TPSA) is 20.2 Å². The first kappa shape index (κ1) is 10.6. The van der Waals surface area contributed by atoms with Crippen molar-refractivity contribution in [2.45, 2.75) is 39.2 Å². The smallest absolute Gasteiger partial charge is 0.0572 e. The van der Waals surface area contributed by atoms with Gasteiger partial charge >= 0.3 is 0 Å². The SMILES string of the molecule is CC(O)C(C)/C=C1/C[C@@H]2C[C@@H]1[C@@H]1C=CC[C@H]21. The molecule has 0 aromatic rings. The van der Waals surface area contributed by atoms with Gasteiger partial charge in [-0.2, -0.15) is 0 Å². The van der Waals surface area contributed by atoms with E-state index in [-0.39, 0.29) is 6.10 Å². The number of hydrogen-bond acceptors (Lipinski definition) is 1. The summed E-state index contributed by atoms with van der Waals surface area (Å²) in [6.45, 7) is 4.03. The van der Waals surface area contributed by atoms with Crippen molar-refractivity contribution in [2.75, 3.05) is 0 Å². The van der Waals surface area contributed by atoms with E-state index in [1.807, 2.05) is 6.92 Å². The fourth-order valence-electron chi connectivity index (χ4n) is 4.05. The third kappa shape index (κ3) is 1.48. The number of fused-ring (bicyclic) bond motifs is 5. The Bertz CT molecular complexity index is 339. The first-order valence-corrected chi connectivity index (χ1v) is 6.72. The molecule has 1 heteroatoms. The van der Waals surface area contributed by atoms with Crippen molar-refractivity contribution in [1.82, 2.24) is 0 Å². The predicted octanol–water partition coefficient (Wildman–Crippen LogP) is 3.16. The molecule has 1 N–H and O–H groups in total. The standard InChI is InChI=1S/C15H22O/c1-9(10(2)16)6-11-7-12-8-15(11)14-5-3-4-13(12)14/h3,5-6,9-10,12-16H,4,7-8H2,1-2H3/b11-6-/t9?,10?,12-,13-,14-,15+/m1/s1. The van der Waals surface area contributed by atoms with E-state index in [2.05, 4.69) is 25.2 Å². The number of allylic oxidation sites excluding steroid dienone is 3. The van der Waals surface area contributed by atoms with E-state index in [9.17, 15) is 5.11 Å². The maximum atomic E-state index is 9.58. The van der Waals surface area contributed by atoms with Crippen LogP contribution in [0.5, 0.6) is 0 Å². The molecule has 0 amide bonds. The minimum atomic E-state index is -0.207. The molecule has 3 rings (SSSR count). The Kier molecular flexibility index (Phi) is 2.47. The van der Waals surface area contributed by atoms with Crippen molar-refractivity contribution in [3.05, 3.63) is 23.8 Å². The van der Waals surface area contributed by atoms with Gasteiger partial charge in [-0.05, 0) is 55.8 Å². The molecule has 2 saturated carbocycles. The van der Waals surface area contributed by atoms with Crippen molar-refractivity contribution in [3.8, 4) is 0 Å². The third-order valence-electron chi connectivity index (χ3n) is 5.10. The average Bonchev–Trinajstić information content (AvgIpc) is 2.87. The molecular weight excluding hydrogens is 196 g/mol. The van der Waals surface area contributed by atoms with Gasteiger partial charge in [-0.1, -0.05) is 30.7 Å². The minimum absolute atomic E-state index is 0.207. The Hall–Kier alpha value is -0.560. The van der Waals surface area contributed by atoms with Crippen LogP contribution < -0.4 is 0 Å². The molecule has 6 atom stereocenters. The Balaban J connectivity index is 1.79. The summed E-state index contributed by atoms with van der Waals surface area (Å²) in [5.41, 5.74) is 1.64. The van der Waals surface area contributed by atoms with E-state index in [1.54, 1.807) is 5.57 Å². The Morgan fingerprint density at radius 1 is 1.44 bits per heavy atom. The van der Waals surface area contributed by atoms with Crippen LogP contribution in [-0.4, -0.2) is 11.2 Å². The van der Waals surface area contributed by atoms with Gasteiger partial charge in [0.1, 0.15) is 0 Å². The van der Waals surface area contributed by atoms with Crippen LogP contribution in [0.3, 0.4) is 0 Å². The van der Waals surface area contributed by atoms with Gasteiger partial charge in [-0.3, -0.25) is 0 Å². The van der Waals surface area contributed by atoms with Crippen molar-refractivity contribution in [1.29, 1.82) is 0 Å². The highest BCUT2D eigenvalue weighted by Crippen LogP contribution is 2.58. The number of aliphatic hydroxyl groups excluding tert-OH is 1. The minimum Gasteiger partial charge on any atom is -0.393 e. The van der Waals surface area contributed by atoms with E-state index >= 15 is 0 Å². The lowest BCUT2D eigenvalue weighted by Gasteiger charge is -2.27. The van der Waals surface area contributed by atoms with Crippen molar-refractivity contribution in [3.63, 3.8) is 0 Å². The summed E-state index contributed by atoms with van der Waals surface area (Å²) in [6.07, 6.45) is 11.0. The fraction of sp³-hybridized carbons (Fsp3) is 0.733. The second-order valence-corrected chi connectivity index (χ2v) is 6.05. The summed E-state index contributed by atoms with van der Waals surface area (Å²) in [7, 11) is 0. The molecule has 2 bridgehead atoms. The quantitative estimate of drug-likeness (QED) is 0.706. The first-order valence-electron chi connectivity index (χ1n) is 6.72. The average molecular weight is 218 g/mol. The van der Waals surface area contributed by atoms with Crippen LogP contribution in [0.1, 0.15) is 33.1 Å². The predicted molar refractivity (Wildman–Crippen MR) is 65.9 cm³/mol. The summed E-state index contributed by atoms with van der Waals surface area (Å²) in [4.78, 5) is 0. The van der Waals surface area contributed by atoms with E-state index in [0.717, 1.165) is 23.7 Å². The van der Waals surface area contributed by atoms with Crippen LogP contribution in [-0.2, 0) is 0 Å². The molecule has 0 radical (unpaired) electrons. The number of rotatable bonds is 2. The van der Waals surface area contributed by atoms with E-state index in [4.69, 9.17) is 0 Å². The van der Waals surface area contributed by atoms with Crippen LogP contribution >= 0.6 is 0 Å². The van der Waals surface area contributed by atoms with Crippen LogP contribution in [0.2, 0.25) is 0 Å². The van der Waals surface area contributed by atoms with E-state index < -0.39 is 0 Å². The molecule has 3 aliphatic rings. The maximum Gasteiger partial charge on any atom is 0.0572 e. The van der Waals surface area contributed by atoms with Gasteiger partial charge in [0, 0.05) is 0 Å². The van der Waals surface area contributed by atoms with Gasteiger partial charge in [0.2, 0.25) is 0 Å². The zero-order valence-corrected chi connectivity index (χ0v) is 10.3. The molecule has 0 heterocycles. The zero-order chi connectivity index (χ0) is 11.3. The molecule has 88 valence electrons. The molecule has 2 unspecified atom stereocenters. The highest BCUT2D eigenvalue weighted by atomic mass is 16.3. The van der Waals surface area contributed by atoms with E-state index in [1.165, 1.54) is 19.3 Å². The maximum absolute atomic E-state index is 9.58. The molecule has 3 aliphatic carbocycles. The Morgan fingerprint density at radius 2 is 2.25 bits per heavy atom. The van der Waals surface area contributed by atoms with Gasteiger partial charge in [-0.25, -0.2) is 0 Å². The fourth-order valence-corrected chi connectivity index (χ4v) is 4.05. The van der Waals surface area contributed by atoms with Gasteiger partial charge in [0.05, 0.1) is 6.10 Å². The molecular formula is C15H22O. The molecule has 0 spiro atoms. The van der Waals surface area contributed by atoms with E-state index in [0.29, 0.717) is 5.92 Å². The molecule has 1 nitrogen and oxygen atoms in total. The van der Waals surface area contributed by atoms with Crippen LogP contribution in [0.4, 0.5) is 0 Å². The molecule has 16 heavy (non-hydrogen) atoms. The molecule has 0 aromatic carbocycles.